The molecule has 1 atom stereocenters. The molecule has 1 unspecified atom stereocenters. The number of nitrogens with zero attached hydrogens (tertiary/aromatic N) is 1. The van der Waals surface area contributed by atoms with Crippen molar-refractivity contribution in [2.24, 2.45) is 0 Å². The Morgan fingerprint density at radius 1 is 1.14 bits per heavy atom. The van der Waals surface area contributed by atoms with E-state index in [1.54, 1.807) is 0 Å². The number of benzene rings is 1. The van der Waals surface area contributed by atoms with Gasteiger partial charge in [-0.05, 0) is 5.56 Å². The third kappa shape index (κ3) is 2.29. The fourth-order valence-corrected chi connectivity index (χ4v) is 2.06. The van der Waals surface area contributed by atoms with E-state index >= 15 is 0 Å². The molecule has 76 valence electrons. The van der Waals surface area contributed by atoms with Gasteiger partial charge in [0, 0.05) is 13.1 Å². The van der Waals surface area contributed by atoms with Crippen LogP contribution >= 0.6 is 12.6 Å². The zero-order valence-corrected chi connectivity index (χ0v) is 8.99. The van der Waals surface area contributed by atoms with Crippen LogP contribution in [0.15, 0.2) is 30.3 Å². The minimum absolute atomic E-state index is 0.208. The molecule has 2 rings (SSSR count). The molecule has 1 fully saturated rings. The minimum Gasteiger partial charge on any atom is -0.379 e. The Labute approximate surface area is 90.3 Å². The summed E-state index contributed by atoms with van der Waals surface area (Å²) in [5.41, 5.74) is 1.26. The second-order valence-electron chi connectivity index (χ2n) is 3.43. The van der Waals surface area contributed by atoms with Gasteiger partial charge in [-0.25, -0.2) is 0 Å². The summed E-state index contributed by atoms with van der Waals surface area (Å²) < 4.78 is 5.31. The Balaban J connectivity index is 2.03. The molecule has 0 spiro atoms. The van der Waals surface area contributed by atoms with Crippen LogP contribution in [0.5, 0.6) is 0 Å². The Hall–Kier alpha value is -0.510. The van der Waals surface area contributed by atoms with Gasteiger partial charge < -0.3 is 4.74 Å². The van der Waals surface area contributed by atoms with Gasteiger partial charge in [-0.15, -0.1) is 0 Å². The molecule has 14 heavy (non-hydrogen) atoms. The summed E-state index contributed by atoms with van der Waals surface area (Å²) in [6.07, 6.45) is 0. The number of hydrogen-bond acceptors (Lipinski definition) is 3. The predicted octanol–water partition coefficient (Wildman–Crippen LogP) is 1.95. The molecule has 2 nitrogen and oxygen atoms in total. The van der Waals surface area contributed by atoms with E-state index in [9.17, 15) is 0 Å². The first-order valence-electron chi connectivity index (χ1n) is 4.93. The Kier molecular flexibility index (Phi) is 3.45. The minimum atomic E-state index is 0.208. The Morgan fingerprint density at radius 3 is 2.43 bits per heavy atom. The maximum absolute atomic E-state index is 5.31. The SMILES string of the molecule is SC(c1ccccc1)N1CCOCC1. The zero-order valence-electron chi connectivity index (χ0n) is 8.10. The molecule has 0 amide bonds. The monoisotopic (exact) mass is 209 g/mol. The molecular weight excluding hydrogens is 194 g/mol. The van der Waals surface area contributed by atoms with Crippen molar-refractivity contribution in [2.45, 2.75) is 5.37 Å². The maximum atomic E-state index is 5.31. The summed E-state index contributed by atoms with van der Waals surface area (Å²) in [4.78, 5) is 2.34. The first-order valence-corrected chi connectivity index (χ1v) is 5.44. The molecule has 1 aliphatic rings. The van der Waals surface area contributed by atoms with Gasteiger partial charge in [0.2, 0.25) is 0 Å². The van der Waals surface area contributed by atoms with Crippen LogP contribution in [0.2, 0.25) is 0 Å². The second-order valence-corrected chi connectivity index (χ2v) is 3.92. The highest BCUT2D eigenvalue weighted by Crippen LogP contribution is 2.24. The first-order chi connectivity index (χ1) is 6.88. The third-order valence-electron chi connectivity index (χ3n) is 2.49. The van der Waals surface area contributed by atoms with Crippen molar-refractivity contribution in [1.82, 2.24) is 4.90 Å². The molecule has 0 N–H and O–H groups in total. The molecule has 0 bridgehead atoms. The van der Waals surface area contributed by atoms with Crippen LogP contribution in [-0.2, 0) is 4.74 Å². The van der Waals surface area contributed by atoms with Crippen molar-refractivity contribution in [3.05, 3.63) is 35.9 Å². The Bertz CT molecular complexity index is 272. The number of rotatable bonds is 2. The lowest BCUT2D eigenvalue weighted by atomic mass is 10.2. The fourth-order valence-electron chi connectivity index (χ4n) is 1.66. The van der Waals surface area contributed by atoms with Gasteiger partial charge in [-0.2, -0.15) is 12.6 Å². The lowest BCUT2D eigenvalue weighted by molar-refractivity contribution is 0.0327. The van der Waals surface area contributed by atoms with Crippen LogP contribution in [0.1, 0.15) is 10.9 Å². The maximum Gasteiger partial charge on any atom is 0.0786 e. The van der Waals surface area contributed by atoms with Crippen molar-refractivity contribution < 1.29 is 4.74 Å². The summed E-state index contributed by atoms with van der Waals surface area (Å²) in [6, 6.07) is 10.4. The smallest absolute Gasteiger partial charge is 0.0786 e. The van der Waals surface area contributed by atoms with Crippen molar-refractivity contribution >= 4 is 12.6 Å². The molecule has 1 heterocycles. The molecule has 0 aliphatic carbocycles. The molecule has 1 aliphatic heterocycles. The summed E-state index contributed by atoms with van der Waals surface area (Å²) in [6.45, 7) is 3.60. The normalized spacial score (nSPS) is 20.6. The van der Waals surface area contributed by atoms with Crippen molar-refractivity contribution in [3.63, 3.8) is 0 Å². The second kappa shape index (κ2) is 4.82. The largest absolute Gasteiger partial charge is 0.379 e. The average molecular weight is 209 g/mol. The number of ether oxygens (including phenoxy) is 1. The highest BCUT2D eigenvalue weighted by molar-refractivity contribution is 7.80. The van der Waals surface area contributed by atoms with E-state index in [1.807, 2.05) is 6.07 Å². The molecule has 0 aromatic heterocycles. The van der Waals surface area contributed by atoms with Gasteiger partial charge in [0.1, 0.15) is 0 Å². The van der Waals surface area contributed by atoms with Gasteiger partial charge >= 0.3 is 0 Å². The summed E-state index contributed by atoms with van der Waals surface area (Å²) in [5.74, 6) is 0. The van der Waals surface area contributed by atoms with Crippen LogP contribution < -0.4 is 0 Å². The van der Waals surface area contributed by atoms with Crippen LogP contribution in [0, 0.1) is 0 Å². The molecule has 1 aromatic rings. The number of thiol groups is 1. The highest BCUT2D eigenvalue weighted by atomic mass is 32.1. The molecular formula is C11H15NOS. The van der Waals surface area contributed by atoms with E-state index < -0.39 is 0 Å². The number of morpholine rings is 1. The average Bonchev–Trinajstić information content (AvgIpc) is 2.30. The van der Waals surface area contributed by atoms with Crippen LogP contribution in [0.3, 0.4) is 0 Å². The molecule has 0 radical (unpaired) electrons. The van der Waals surface area contributed by atoms with Gasteiger partial charge in [-0.1, -0.05) is 30.3 Å². The van der Waals surface area contributed by atoms with E-state index in [0.717, 1.165) is 26.3 Å². The fraction of sp³-hybridized carbons (Fsp3) is 0.455. The summed E-state index contributed by atoms with van der Waals surface area (Å²) in [5, 5.41) is 0.208. The molecule has 3 heteroatoms. The van der Waals surface area contributed by atoms with E-state index in [4.69, 9.17) is 4.74 Å². The van der Waals surface area contributed by atoms with E-state index in [0.29, 0.717) is 0 Å². The van der Waals surface area contributed by atoms with E-state index in [-0.39, 0.29) is 5.37 Å². The summed E-state index contributed by atoms with van der Waals surface area (Å²) >= 11 is 4.63. The lowest BCUT2D eigenvalue weighted by Crippen LogP contribution is -2.37. The quantitative estimate of drug-likeness (QED) is 0.747. The van der Waals surface area contributed by atoms with Crippen molar-refractivity contribution in [2.75, 3.05) is 26.3 Å². The topological polar surface area (TPSA) is 12.5 Å². The van der Waals surface area contributed by atoms with Gasteiger partial charge in [0.15, 0.2) is 0 Å². The summed E-state index contributed by atoms with van der Waals surface area (Å²) in [7, 11) is 0. The Morgan fingerprint density at radius 2 is 1.79 bits per heavy atom. The highest BCUT2D eigenvalue weighted by Gasteiger charge is 2.18. The molecule has 1 saturated heterocycles. The standard InChI is InChI=1S/C11H15NOS/c14-11(10-4-2-1-3-5-10)12-6-8-13-9-7-12/h1-5,11,14H,6-9H2. The van der Waals surface area contributed by atoms with Crippen LogP contribution in [0.4, 0.5) is 0 Å². The zero-order chi connectivity index (χ0) is 9.80. The van der Waals surface area contributed by atoms with E-state index in [1.165, 1.54) is 5.56 Å². The predicted molar refractivity (Wildman–Crippen MR) is 60.6 cm³/mol. The number of hydrogen-bond donors (Lipinski definition) is 1. The third-order valence-corrected chi connectivity index (χ3v) is 3.11. The van der Waals surface area contributed by atoms with E-state index in [2.05, 4.69) is 41.8 Å². The lowest BCUT2D eigenvalue weighted by Gasteiger charge is -2.31. The van der Waals surface area contributed by atoms with Crippen LogP contribution in [-0.4, -0.2) is 31.2 Å². The van der Waals surface area contributed by atoms with Crippen molar-refractivity contribution in [1.29, 1.82) is 0 Å². The van der Waals surface area contributed by atoms with Crippen LogP contribution in [0.25, 0.3) is 0 Å². The van der Waals surface area contributed by atoms with Gasteiger partial charge in [0.05, 0.1) is 18.6 Å². The van der Waals surface area contributed by atoms with Gasteiger partial charge in [0.25, 0.3) is 0 Å². The van der Waals surface area contributed by atoms with Gasteiger partial charge in [-0.3, -0.25) is 4.90 Å². The van der Waals surface area contributed by atoms with Crippen molar-refractivity contribution in [3.8, 4) is 0 Å². The first kappa shape index (κ1) is 10.0. The molecule has 1 aromatic carbocycles. The molecule has 0 saturated carbocycles.